The number of carbonyl (C=O) groups excluding carboxylic acids is 1. The molecule has 0 bridgehead atoms. The van der Waals surface area contributed by atoms with Gasteiger partial charge in [0.1, 0.15) is 5.75 Å². The summed E-state index contributed by atoms with van der Waals surface area (Å²) < 4.78 is 0. The average Bonchev–Trinajstić information content (AvgIpc) is 2.34. The van der Waals surface area contributed by atoms with Crippen LogP contribution in [0.15, 0.2) is 48.5 Å². The van der Waals surface area contributed by atoms with Gasteiger partial charge in [0, 0.05) is 6.42 Å². The fourth-order valence-electron chi connectivity index (χ4n) is 1.62. The Balaban J connectivity index is 2.24. The molecule has 0 saturated carbocycles. The van der Waals surface area contributed by atoms with Crippen molar-refractivity contribution >= 4 is 17.4 Å². The van der Waals surface area contributed by atoms with Crippen LogP contribution in [-0.4, -0.2) is 10.9 Å². The summed E-state index contributed by atoms with van der Waals surface area (Å²) in [4.78, 5) is 12.0. The summed E-state index contributed by atoms with van der Waals surface area (Å²) >= 11 is 5.76. The maximum atomic E-state index is 12.0. The zero-order valence-corrected chi connectivity index (χ0v) is 9.82. The molecule has 0 heterocycles. The molecular weight excluding hydrogens is 236 g/mol. The Kier molecular flexibility index (Phi) is 3.45. The Labute approximate surface area is 104 Å². The van der Waals surface area contributed by atoms with Crippen LogP contribution in [0.3, 0.4) is 0 Å². The van der Waals surface area contributed by atoms with E-state index < -0.39 is 0 Å². The van der Waals surface area contributed by atoms with Gasteiger partial charge in [-0.2, -0.15) is 0 Å². The lowest BCUT2D eigenvalue weighted by molar-refractivity contribution is 0.0990. The van der Waals surface area contributed by atoms with Crippen LogP contribution < -0.4 is 0 Å². The number of hydrogen-bond donors (Lipinski definition) is 1. The number of phenolic OH excluding ortho intramolecular Hbond substituents is 1. The van der Waals surface area contributed by atoms with Crippen molar-refractivity contribution in [3.63, 3.8) is 0 Å². The number of benzene rings is 2. The minimum absolute atomic E-state index is 0.142. The summed E-state index contributed by atoms with van der Waals surface area (Å²) in [6.07, 6.45) is 0.259. The van der Waals surface area contributed by atoms with E-state index in [2.05, 4.69) is 0 Å². The second-order valence-corrected chi connectivity index (χ2v) is 4.13. The molecule has 2 rings (SSSR count). The number of para-hydroxylation sites is 1. The van der Waals surface area contributed by atoms with E-state index in [1.807, 2.05) is 30.3 Å². The Bertz CT molecular complexity index is 535. The second kappa shape index (κ2) is 5.02. The van der Waals surface area contributed by atoms with Gasteiger partial charge in [-0.25, -0.2) is 0 Å². The second-order valence-electron chi connectivity index (χ2n) is 3.72. The van der Waals surface area contributed by atoms with Crippen molar-refractivity contribution < 1.29 is 9.90 Å². The van der Waals surface area contributed by atoms with E-state index >= 15 is 0 Å². The molecule has 86 valence electrons. The third kappa shape index (κ3) is 2.66. The summed E-state index contributed by atoms with van der Waals surface area (Å²) in [6.45, 7) is 0. The zero-order chi connectivity index (χ0) is 12.3. The van der Waals surface area contributed by atoms with Crippen molar-refractivity contribution in [3.8, 4) is 5.75 Å². The highest BCUT2D eigenvalue weighted by atomic mass is 35.5. The lowest BCUT2D eigenvalue weighted by Gasteiger charge is -2.05. The molecule has 0 atom stereocenters. The normalized spacial score (nSPS) is 10.2. The number of hydrogen-bond acceptors (Lipinski definition) is 2. The highest BCUT2D eigenvalue weighted by Crippen LogP contribution is 2.27. The van der Waals surface area contributed by atoms with E-state index in [1.165, 1.54) is 0 Å². The summed E-state index contributed by atoms with van der Waals surface area (Å²) in [5, 5.41) is 9.89. The molecule has 0 spiro atoms. The molecule has 2 aromatic carbocycles. The molecule has 2 aromatic rings. The predicted molar refractivity (Wildman–Crippen MR) is 67.6 cm³/mol. The van der Waals surface area contributed by atoms with Crippen molar-refractivity contribution in [1.82, 2.24) is 0 Å². The van der Waals surface area contributed by atoms with Crippen LogP contribution in [-0.2, 0) is 6.42 Å². The van der Waals surface area contributed by atoms with Crippen molar-refractivity contribution in [3.05, 3.63) is 64.7 Å². The lowest BCUT2D eigenvalue weighted by atomic mass is 10.0. The maximum absolute atomic E-state index is 12.0. The first-order chi connectivity index (χ1) is 8.18. The number of rotatable bonds is 3. The molecule has 0 unspecified atom stereocenters. The predicted octanol–water partition coefficient (Wildman–Crippen LogP) is 3.47. The smallest absolute Gasteiger partial charge is 0.171 e. The van der Waals surface area contributed by atoms with Crippen LogP contribution in [0, 0.1) is 0 Å². The molecule has 0 aliphatic rings. The summed E-state index contributed by atoms with van der Waals surface area (Å²) in [5.41, 5.74) is 1.18. The summed E-state index contributed by atoms with van der Waals surface area (Å²) in [6, 6.07) is 14.2. The van der Waals surface area contributed by atoms with Gasteiger partial charge >= 0.3 is 0 Å². The number of aromatic hydroxyl groups is 1. The highest BCUT2D eigenvalue weighted by Gasteiger charge is 2.13. The van der Waals surface area contributed by atoms with Crippen LogP contribution in [0.4, 0.5) is 0 Å². The van der Waals surface area contributed by atoms with Crippen LogP contribution in [0.1, 0.15) is 15.9 Å². The number of carbonyl (C=O) groups is 1. The van der Waals surface area contributed by atoms with E-state index in [-0.39, 0.29) is 28.5 Å². The third-order valence-corrected chi connectivity index (χ3v) is 2.80. The van der Waals surface area contributed by atoms with Crippen LogP contribution >= 0.6 is 11.6 Å². The summed E-state index contributed by atoms with van der Waals surface area (Å²) in [5.74, 6) is -0.286. The summed E-state index contributed by atoms with van der Waals surface area (Å²) in [7, 11) is 0. The van der Waals surface area contributed by atoms with Crippen molar-refractivity contribution in [1.29, 1.82) is 0 Å². The topological polar surface area (TPSA) is 37.3 Å². The van der Waals surface area contributed by atoms with E-state index in [0.29, 0.717) is 0 Å². The van der Waals surface area contributed by atoms with Gasteiger partial charge in [0.15, 0.2) is 5.78 Å². The van der Waals surface area contributed by atoms with Gasteiger partial charge in [0.25, 0.3) is 0 Å². The maximum Gasteiger partial charge on any atom is 0.171 e. The fraction of sp³-hybridized carbons (Fsp3) is 0.0714. The highest BCUT2D eigenvalue weighted by molar-refractivity contribution is 6.32. The van der Waals surface area contributed by atoms with Gasteiger partial charge in [-0.05, 0) is 17.7 Å². The molecular formula is C14H11ClO2. The van der Waals surface area contributed by atoms with Gasteiger partial charge in [-0.1, -0.05) is 48.0 Å². The van der Waals surface area contributed by atoms with Gasteiger partial charge in [0.2, 0.25) is 0 Å². The third-order valence-electron chi connectivity index (χ3n) is 2.49. The average molecular weight is 247 g/mol. The van der Waals surface area contributed by atoms with Crippen molar-refractivity contribution in [2.75, 3.05) is 0 Å². The van der Waals surface area contributed by atoms with Crippen LogP contribution in [0.5, 0.6) is 5.75 Å². The Morgan fingerprint density at radius 1 is 1.06 bits per heavy atom. The molecule has 0 amide bonds. The first-order valence-corrected chi connectivity index (χ1v) is 5.61. The molecule has 0 aromatic heterocycles. The molecule has 2 nitrogen and oxygen atoms in total. The molecule has 0 aliphatic heterocycles. The van der Waals surface area contributed by atoms with E-state index in [0.717, 1.165) is 5.56 Å². The molecule has 0 fully saturated rings. The molecule has 0 aliphatic carbocycles. The Morgan fingerprint density at radius 3 is 2.47 bits per heavy atom. The number of halogens is 1. The Morgan fingerprint density at radius 2 is 1.76 bits per heavy atom. The minimum Gasteiger partial charge on any atom is -0.506 e. The minimum atomic E-state index is -0.143. The lowest BCUT2D eigenvalue weighted by Crippen LogP contribution is -2.03. The number of ketones is 1. The largest absolute Gasteiger partial charge is 0.506 e. The van der Waals surface area contributed by atoms with Crippen molar-refractivity contribution in [2.45, 2.75) is 6.42 Å². The van der Waals surface area contributed by atoms with Gasteiger partial charge in [-0.15, -0.1) is 0 Å². The number of phenols is 1. The first-order valence-electron chi connectivity index (χ1n) is 5.23. The monoisotopic (exact) mass is 246 g/mol. The first kappa shape index (κ1) is 11.7. The fourth-order valence-corrected chi connectivity index (χ4v) is 1.79. The van der Waals surface area contributed by atoms with E-state index in [1.54, 1.807) is 18.2 Å². The zero-order valence-electron chi connectivity index (χ0n) is 9.06. The van der Waals surface area contributed by atoms with Gasteiger partial charge in [0.05, 0.1) is 10.6 Å². The van der Waals surface area contributed by atoms with E-state index in [4.69, 9.17) is 11.6 Å². The molecule has 0 saturated heterocycles. The van der Waals surface area contributed by atoms with Crippen molar-refractivity contribution in [2.24, 2.45) is 0 Å². The molecule has 0 radical (unpaired) electrons. The molecule has 17 heavy (non-hydrogen) atoms. The quantitative estimate of drug-likeness (QED) is 0.842. The SMILES string of the molecule is O=C(Cc1ccccc1)c1cccc(Cl)c1O. The van der Waals surface area contributed by atoms with E-state index in [9.17, 15) is 9.90 Å². The molecule has 1 N–H and O–H groups in total. The Hall–Kier alpha value is -1.80. The standard InChI is InChI=1S/C14H11ClO2/c15-12-8-4-7-11(14(12)17)13(16)9-10-5-2-1-3-6-10/h1-8,17H,9H2. The van der Waals surface area contributed by atoms with Gasteiger partial charge in [-0.3, -0.25) is 4.79 Å². The van der Waals surface area contributed by atoms with Gasteiger partial charge < -0.3 is 5.11 Å². The van der Waals surface area contributed by atoms with Crippen LogP contribution in [0.25, 0.3) is 0 Å². The van der Waals surface area contributed by atoms with Crippen LogP contribution in [0.2, 0.25) is 5.02 Å². The number of Topliss-reactive ketones (excluding diaryl/α,β-unsaturated/α-hetero) is 1. The molecule has 3 heteroatoms.